The third-order valence-electron chi connectivity index (χ3n) is 2.86. The lowest BCUT2D eigenvalue weighted by molar-refractivity contribution is 0.199. The maximum Gasteiger partial charge on any atom is 0.150 e. The summed E-state index contributed by atoms with van der Waals surface area (Å²) in [5.74, 6) is 0.428. The van der Waals surface area contributed by atoms with E-state index in [0.717, 1.165) is 12.2 Å². The highest BCUT2D eigenvalue weighted by atomic mass is 32.2. The summed E-state index contributed by atoms with van der Waals surface area (Å²) in [6, 6.07) is 1.94. The van der Waals surface area contributed by atoms with Crippen molar-refractivity contribution in [3.63, 3.8) is 0 Å². The lowest BCUT2D eigenvalue weighted by Crippen LogP contribution is -2.21. The summed E-state index contributed by atoms with van der Waals surface area (Å²) >= 11 is 0. The van der Waals surface area contributed by atoms with Crippen LogP contribution in [0.4, 0.5) is 0 Å². The summed E-state index contributed by atoms with van der Waals surface area (Å²) in [5.41, 5.74) is 1.06. The smallest absolute Gasteiger partial charge is 0.150 e. The van der Waals surface area contributed by atoms with E-state index in [2.05, 4.69) is 10.4 Å². The van der Waals surface area contributed by atoms with Crippen molar-refractivity contribution < 1.29 is 13.2 Å². The number of aromatic nitrogens is 2. The number of aryl methyl sites for hydroxylation is 1. The molecule has 0 bridgehead atoms. The summed E-state index contributed by atoms with van der Waals surface area (Å²) < 4.78 is 29.6. The van der Waals surface area contributed by atoms with E-state index < -0.39 is 9.84 Å². The first-order valence-electron chi connectivity index (χ1n) is 6.50. The Labute approximate surface area is 115 Å². The molecule has 0 saturated carbocycles. The van der Waals surface area contributed by atoms with Crippen molar-refractivity contribution in [2.75, 3.05) is 31.8 Å². The molecule has 0 aliphatic heterocycles. The quantitative estimate of drug-likeness (QED) is 0.633. The van der Waals surface area contributed by atoms with E-state index in [1.807, 2.05) is 10.7 Å². The topological polar surface area (TPSA) is 73.2 Å². The zero-order chi connectivity index (χ0) is 14.1. The Morgan fingerprint density at radius 1 is 1.47 bits per heavy atom. The molecule has 6 nitrogen and oxygen atoms in total. The molecular formula is C12H23N3O3S. The minimum Gasteiger partial charge on any atom is -0.383 e. The van der Waals surface area contributed by atoms with Crippen LogP contribution in [-0.2, 0) is 27.7 Å². The molecule has 0 aliphatic rings. The van der Waals surface area contributed by atoms with Crippen LogP contribution < -0.4 is 5.32 Å². The summed E-state index contributed by atoms with van der Waals surface area (Å²) in [6.07, 6.45) is 2.34. The van der Waals surface area contributed by atoms with E-state index in [0.29, 0.717) is 26.1 Å². The van der Waals surface area contributed by atoms with Gasteiger partial charge >= 0.3 is 0 Å². The average Bonchev–Trinajstić information content (AvgIpc) is 2.82. The van der Waals surface area contributed by atoms with E-state index in [9.17, 15) is 8.42 Å². The van der Waals surface area contributed by atoms with Crippen LogP contribution in [0.1, 0.15) is 19.0 Å². The molecule has 0 aliphatic carbocycles. The van der Waals surface area contributed by atoms with Crippen LogP contribution in [0.2, 0.25) is 0 Å². The van der Waals surface area contributed by atoms with Gasteiger partial charge < -0.3 is 10.1 Å². The van der Waals surface area contributed by atoms with Gasteiger partial charge in [0.2, 0.25) is 0 Å². The molecular weight excluding hydrogens is 266 g/mol. The van der Waals surface area contributed by atoms with Crippen molar-refractivity contribution in [2.45, 2.75) is 26.4 Å². The van der Waals surface area contributed by atoms with Gasteiger partial charge in [-0.25, -0.2) is 8.42 Å². The Kier molecular flexibility index (Phi) is 7.04. The van der Waals surface area contributed by atoms with Gasteiger partial charge in [-0.05, 0) is 12.5 Å². The van der Waals surface area contributed by atoms with Gasteiger partial charge in [-0.3, -0.25) is 4.68 Å². The van der Waals surface area contributed by atoms with Gasteiger partial charge in [-0.1, -0.05) is 6.92 Å². The first kappa shape index (κ1) is 16.1. The molecule has 7 heteroatoms. The van der Waals surface area contributed by atoms with Gasteiger partial charge in [0.25, 0.3) is 0 Å². The molecule has 1 aromatic heterocycles. The van der Waals surface area contributed by atoms with Gasteiger partial charge in [0.05, 0.1) is 18.1 Å². The predicted molar refractivity (Wildman–Crippen MR) is 74.8 cm³/mol. The molecule has 110 valence electrons. The standard InChI is InChI=1S/C12H23N3O3S/c1-3-19(16,17)10-4-8-15-12(5-6-14-15)11-13-7-9-18-2/h5-6,13H,3-4,7-11H2,1-2H3. The second-order valence-corrected chi connectivity index (χ2v) is 6.78. The second kappa shape index (κ2) is 8.29. The zero-order valence-corrected chi connectivity index (χ0v) is 12.4. The van der Waals surface area contributed by atoms with Gasteiger partial charge in [0.1, 0.15) is 9.84 Å². The Hall–Kier alpha value is -0.920. The van der Waals surface area contributed by atoms with Crippen LogP contribution in [0.15, 0.2) is 12.3 Å². The molecule has 0 atom stereocenters. The lowest BCUT2D eigenvalue weighted by Gasteiger charge is -2.08. The van der Waals surface area contributed by atoms with Crippen LogP contribution >= 0.6 is 0 Å². The van der Waals surface area contributed by atoms with Gasteiger partial charge in [-0.15, -0.1) is 0 Å². The maximum atomic E-state index is 11.4. The van der Waals surface area contributed by atoms with Crippen LogP contribution in [0.25, 0.3) is 0 Å². The van der Waals surface area contributed by atoms with Gasteiger partial charge in [0, 0.05) is 38.7 Å². The molecule has 0 aromatic carbocycles. The van der Waals surface area contributed by atoms with Crippen LogP contribution in [0, 0.1) is 0 Å². The average molecular weight is 289 g/mol. The Morgan fingerprint density at radius 3 is 2.95 bits per heavy atom. The van der Waals surface area contributed by atoms with Crippen LogP contribution in [0.3, 0.4) is 0 Å². The molecule has 0 spiro atoms. The number of ether oxygens (including phenoxy) is 1. The van der Waals surface area contributed by atoms with E-state index in [1.54, 1.807) is 20.2 Å². The molecule has 0 fully saturated rings. The maximum absolute atomic E-state index is 11.4. The molecule has 19 heavy (non-hydrogen) atoms. The zero-order valence-electron chi connectivity index (χ0n) is 11.6. The van der Waals surface area contributed by atoms with Crippen molar-refractivity contribution >= 4 is 9.84 Å². The molecule has 0 radical (unpaired) electrons. The Bertz CT molecular complexity index is 457. The number of hydrogen-bond donors (Lipinski definition) is 1. The minimum atomic E-state index is -2.88. The molecule has 1 aromatic rings. The van der Waals surface area contributed by atoms with Gasteiger partial charge in [-0.2, -0.15) is 5.10 Å². The van der Waals surface area contributed by atoms with Gasteiger partial charge in [0.15, 0.2) is 0 Å². The molecule has 1 rings (SSSR count). The Morgan fingerprint density at radius 2 is 2.26 bits per heavy atom. The summed E-state index contributed by atoms with van der Waals surface area (Å²) in [6.45, 7) is 4.47. The highest BCUT2D eigenvalue weighted by molar-refractivity contribution is 7.91. The predicted octanol–water partition coefficient (Wildman–Crippen LogP) is 0.444. The number of nitrogens with one attached hydrogen (secondary N) is 1. The molecule has 1 heterocycles. The second-order valence-electron chi connectivity index (χ2n) is 4.31. The first-order valence-corrected chi connectivity index (χ1v) is 8.32. The normalized spacial score (nSPS) is 11.9. The summed E-state index contributed by atoms with van der Waals surface area (Å²) in [7, 11) is -1.22. The lowest BCUT2D eigenvalue weighted by atomic mass is 10.4. The summed E-state index contributed by atoms with van der Waals surface area (Å²) in [5, 5.41) is 7.45. The number of rotatable bonds is 10. The van der Waals surface area contributed by atoms with Crippen molar-refractivity contribution in [3.05, 3.63) is 18.0 Å². The van der Waals surface area contributed by atoms with Crippen molar-refractivity contribution in [3.8, 4) is 0 Å². The van der Waals surface area contributed by atoms with Crippen LogP contribution in [-0.4, -0.2) is 50.0 Å². The fourth-order valence-electron chi connectivity index (χ4n) is 1.68. The van der Waals surface area contributed by atoms with Crippen molar-refractivity contribution in [1.29, 1.82) is 0 Å². The molecule has 0 unspecified atom stereocenters. The molecule has 0 saturated heterocycles. The fourth-order valence-corrected chi connectivity index (χ4v) is 2.54. The molecule has 0 amide bonds. The highest BCUT2D eigenvalue weighted by Crippen LogP contribution is 2.02. The van der Waals surface area contributed by atoms with Crippen LogP contribution in [0.5, 0.6) is 0 Å². The largest absolute Gasteiger partial charge is 0.383 e. The number of methoxy groups -OCH3 is 1. The van der Waals surface area contributed by atoms with Crippen molar-refractivity contribution in [2.24, 2.45) is 0 Å². The number of nitrogens with zero attached hydrogens (tertiary/aromatic N) is 2. The SMILES string of the molecule is CCS(=O)(=O)CCCn1nccc1CNCCOC. The van der Waals surface area contributed by atoms with E-state index >= 15 is 0 Å². The Balaban J connectivity index is 2.36. The number of hydrogen-bond acceptors (Lipinski definition) is 5. The van der Waals surface area contributed by atoms with E-state index in [-0.39, 0.29) is 11.5 Å². The van der Waals surface area contributed by atoms with Crippen molar-refractivity contribution in [1.82, 2.24) is 15.1 Å². The number of sulfone groups is 1. The van der Waals surface area contributed by atoms with E-state index in [1.165, 1.54) is 0 Å². The van der Waals surface area contributed by atoms with E-state index in [4.69, 9.17) is 4.74 Å². The molecule has 1 N–H and O–H groups in total. The third-order valence-corrected chi connectivity index (χ3v) is 4.65. The highest BCUT2D eigenvalue weighted by Gasteiger charge is 2.08. The first-order chi connectivity index (χ1) is 9.09. The monoisotopic (exact) mass is 289 g/mol. The minimum absolute atomic E-state index is 0.206. The fraction of sp³-hybridized carbons (Fsp3) is 0.750. The summed E-state index contributed by atoms with van der Waals surface area (Å²) in [4.78, 5) is 0. The third kappa shape index (κ3) is 6.17.